The van der Waals surface area contributed by atoms with Gasteiger partial charge in [-0.1, -0.05) is 13.8 Å². The first-order valence-electron chi connectivity index (χ1n) is 6.40. The summed E-state index contributed by atoms with van der Waals surface area (Å²) < 4.78 is 4.98. The summed E-state index contributed by atoms with van der Waals surface area (Å²) in [6.45, 7) is 4.60. The van der Waals surface area contributed by atoms with Gasteiger partial charge in [-0.3, -0.25) is 4.79 Å². The molecule has 2 atom stereocenters. The van der Waals surface area contributed by atoms with Crippen LogP contribution in [-0.2, 0) is 14.3 Å². The van der Waals surface area contributed by atoms with Gasteiger partial charge >= 0.3 is 5.97 Å². The third-order valence-electron chi connectivity index (χ3n) is 3.65. The van der Waals surface area contributed by atoms with E-state index in [-0.39, 0.29) is 29.5 Å². The van der Waals surface area contributed by atoms with Gasteiger partial charge in [0.05, 0.1) is 18.6 Å². The second kappa shape index (κ2) is 5.54. The highest BCUT2D eigenvalue weighted by Crippen LogP contribution is 2.48. The molecule has 2 aliphatic rings. The van der Waals surface area contributed by atoms with E-state index in [0.29, 0.717) is 18.8 Å². The average Bonchev–Trinajstić information content (AvgIpc) is 2.64. The normalized spacial score (nSPS) is 25.9. The second-order valence-electron chi connectivity index (χ2n) is 5.17. The van der Waals surface area contributed by atoms with Gasteiger partial charge in [0.2, 0.25) is 5.91 Å². The first-order valence-corrected chi connectivity index (χ1v) is 7.38. The molecule has 5 nitrogen and oxygen atoms in total. The maximum Gasteiger partial charge on any atom is 0.353 e. The molecule has 0 aromatic rings. The van der Waals surface area contributed by atoms with Crippen molar-refractivity contribution in [1.29, 1.82) is 0 Å². The molecule has 0 aliphatic carbocycles. The molecule has 0 bridgehead atoms. The summed E-state index contributed by atoms with van der Waals surface area (Å²) in [7, 11) is 1.62. The van der Waals surface area contributed by atoms with Gasteiger partial charge in [-0.05, 0) is 5.92 Å². The number of fused-ring (bicyclic) bond motifs is 1. The Labute approximate surface area is 117 Å². The third kappa shape index (κ3) is 2.39. The van der Waals surface area contributed by atoms with Gasteiger partial charge in [-0.2, -0.15) is 0 Å². The zero-order valence-corrected chi connectivity index (χ0v) is 12.2. The number of carboxylic acid groups (broad SMARTS) is 1. The Kier molecular flexibility index (Phi) is 4.20. The maximum absolute atomic E-state index is 12.1. The molecule has 0 radical (unpaired) electrons. The fourth-order valence-electron chi connectivity index (χ4n) is 2.81. The van der Waals surface area contributed by atoms with Crippen LogP contribution in [0.1, 0.15) is 20.3 Å². The van der Waals surface area contributed by atoms with Crippen molar-refractivity contribution in [3.63, 3.8) is 0 Å². The first-order chi connectivity index (χ1) is 8.99. The largest absolute Gasteiger partial charge is 0.477 e. The molecular formula is C13H19NO4S. The minimum atomic E-state index is -1.00. The molecule has 2 aliphatic heterocycles. The molecule has 106 valence electrons. The highest BCUT2D eigenvalue weighted by molar-refractivity contribution is 8.03. The molecule has 1 fully saturated rings. The first kappa shape index (κ1) is 14.4. The molecule has 1 amide bonds. The Morgan fingerprint density at radius 1 is 1.58 bits per heavy atom. The molecule has 0 spiro atoms. The van der Waals surface area contributed by atoms with Crippen LogP contribution in [0.3, 0.4) is 0 Å². The number of hydrogen-bond acceptors (Lipinski definition) is 4. The lowest BCUT2D eigenvalue weighted by Crippen LogP contribution is -2.60. The number of hydrogen-bond donors (Lipinski definition) is 1. The van der Waals surface area contributed by atoms with E-state index in [1.54, 1.807) is 7.11 Å². The number of methoxy groups -OCH3 is 1. The molecular weight excluding hydrogens is 266 g/mol. The van der Waals surface area contributed by atoms with Crippen LogP contribution in [0.25, 0.3) is 0 Å². The molecule has 0 saturated carbocycles. The number of thioether (sulfide) groups is 1. The molecule has 2 rings (SSSR count). The van der Waals surface area contributed by atoms with E-state index in [2.05, 4.69) is 0 Å². The van der Waals surface area contributed by atoms with Crippen molar-refractivity contribution in [2.45, 2.75) is 26.3 Å². The lowest BCUT2D eigenvalue weighted by Gasteiger charge is -2.45. The van der Waals surface area contributed by atoms with Crippen molar-refractivity contribution in [1.82, 2.24) is 4.90 Å². The summed E-state index contributed by atoms with van der Waals surface area (Å²) in [5, 5.41) is 9.31. The van der Waals surface area contributed by atoms with Crippen LogP contribution in [0.2, 0.25) is 0 Å². The number of aliphatic carboxylic acids is 1. The van der Waals surface area contributed by atoms with Gasteiger partial charge in [-0.15, -0.1) is 11.8 Å². The number of β-lactam (4-membered cyclic amide) rings is 1. The quantitative estimate of drug-likeness (QED) is 0.592. The van der Waals surface area contributed by atoms with Crippen LogP contribution in [0, 0.1) is 11.8 Å². The van der Waals surface area contributed by atoms with E-state index in [0.717, 1.165) is 4.91 Å². The standard InChI is InChI=1S/C13H19NO4S/c1-7(2)10-8-6-9(19-5-4-18-3)11(13(16)17)14(8)12(10)15/h7-8,10H,4-6H2,1-3H3,(H,16,17). The number of amides is 1. The minimum absolute atomic E-state index is 0.0325. The summed E-state index contributed by atoms with van der Waals surface area (Å²) in [4.78, 5) is 25.7. The molecule has 19 heavy (non-hydrogen) atoms. The number of carbonyl (C=O) groups is 2. The fourth-order valence-corrected chi connectivity index (χ4v) is 3.92. The average molecular weight is 285 g/mol. The smallest absolute Gasteiger partial charge is 0.353 e. The van der Waals surface area contributed by atoms with E-state index in [1.165, 1.54) is 16.7 Å². The highest BCUT2D eigenvalue weighted by Gasteiger charge is 2.55. The van der Waals surface area contributed by atoms with Gasteiger partial charge in [0.25, 0.3) is 0 Å². The van der Waals surface area contributed by atoms with Gasteiger partial charge in [0.1, 0.15) is 5.70 Å². The summed E-state index contributed by atoms with van der Waals surface area (Å²) in [6.07, 6.45) is 0.671. The fraction of sp³-hybridized carbons (Fsp3) is 0.692. The molecule has 1 N–H and O–H groups in total. The van der Waals surface area contributed by atoms with Crippen molar-refractivity contribution in [3.8, 4) is 0 Å². The summed E-state index contributed by atoms with van der Waals surface area (Å²) in [6, 6.07) is 0.0450. The number of rotatable bonds is 6. The van der Waals surface area contributed by atoms with Crippen LogP contribution in [0.4, 0.5) is 0 Å². The Morgan fingerprint density at radius 2 is 2.26 bits per heavy atom. The monoisotopic (exact) mass is 285 g/mol. The van der Waals surface area contributed by atoms with E-state index in [9.17, 15) is 14.7 Å². The Hall–Kier alpha value is -1.01. The molecule has 1 saturated heterocycles. The Bertz CT molecular complexity index is 432. The van der Waals surface area contributed by atoms with E-state index in [1.807, 2.05) is 13.8 Å². The SMILES string of the molecule is COCCSC1=C(C(=O)O)N2C(=O)C(C(C)C)C2C1. The molecule has 6 heteroatoms. The van der Waals surface area contributed by atoms with Gasteiger partial charge in [0, 0.05) is 24.2 Å². The van der Waals surface area contributed by atoms with Crippen LogP contribution in [0.15, 0.2) is 10.6 Å². The van der Waals surface area contributed by atoms with Crippen LogP contribution in [0.5, 0.6) is 0 Å². The maximum atomic E-state index is 12.1. The van der Waals surface area contributed by atoms with Crippen LogP contribution in [-0.4, -0.2) is 47.4 Å². The molecule has 0 aromatic carbocycles. The molecule has 2 unspecified atom stereocenters. The predicted octanol–water partition coefficient (Wildman–Crippen LogP) is 1.55. The lowest BCUT2D eigenvalue weighted by atomic mass is 9.79. The number of carbonyl (C=O) groups excluding carboxylic acids is 1. The van der Waals surface area contributed by atoms with Crippen molar-refractivity contribution >= 4 is 23.6 Å². The van der Waals surface area contributed by atoms with Gasteiger partial charge in [0.15, 0.2) is 0 Å². The van der Waals surface area contributed by atoms with Crippen molar-refractivity contribution in [3.05, 3.63) is 10.6 Å². The van der Waals surface area contributed by atoms with Crippen molar-refractivity contribution in [2.24, 2.45) is 11.8 Å². The predicted molar refractivity (Wildman–Crippen MR) is 72.6 cm³/mol. The molecule has 2 heterocycles. The zero-order valence-electron chi connectivity index (χ0n) is 11.4. The van der Waals surface area contributed by atoms with E-state index >= 15 is 0 Å². The zero-order chi connectivity index (χ0) is 14.2. The summed E-state index contributed by atoms with van der Waals surface area (Å²) in [5.74, 6) is -0.108. The van der Waals surface area contributed by atoms with Gasteiger partial charge in [-0.25, -0.2) is 4.79 Å². The van der Waals surface area contributed by atoms with E-state index in [4.69, 9.17) is 4.74 Å². The molecule has 0 aromatic heterocycles. The van der Waals surface area contributed by atoms with E-state index < -0.39 is 5.97 Å². The van der Waals surface area contributed by atoms with Crippen molar-refractivity contribution < 1.29 is 19.4 Å². The Balaban J connectivity index is 2.14. The topological polar surface area (TPSA) is 66.8 Å². The van der Waals surface area contributed by atoms with Crippen LogP contribution < -0.4 is 0 Å². The second-order valence-corrected chi connectivity index (χ2v) is 6.36. The number of ether oxygens (including phenoxy) is 1. The lowest BCUT2D eigenvalue weighted by molar-refractivity contribution is -0.157. The van der Waals surface area contributed by atoms with Crippen molar-refractivity contribution in [2.75, 3.05) is 19.5 Å². The minimum Gasteiger partial charge on any atom is -0.477 e. The van der Waals surface area contributed by atoms with Gasteiger partial charge < -0.3 is 14.7 Å². The summed E-state index contributed by atoms with van der Waals surface area (Å²) >= 11 is 1.49. The number of nitrogens with zero attached hydrogens (tertiary/aromatic N) is 1. The third-order valence-corrected chi connectivity index (χ3v) is 4.73. The Morgan fingerprint density at radius 3 is 2.79 bits per heavy atom. The summed E-state index contributed by atoms with van der Waals surface area (Å²) in [5.41, 5.74) is 0.188. The highest BCUT2D eigenvalue weighted by atomic mass is 32.2. The number of carboxylic acids is 1. The van der Waals surface area contributed by atoms with Crippen LogP contribution >= 0.6 is 11.8 Å².